The second kappa shape index (κ2) is 8.31. The molecule has 4 rings (SSSR count). The van der Waals surface area contributed by atoms with Crippen molar-refractivity contribution in [3.63, 3.8) is 0 Å². The Hall–Kier alpha value is -3.33. The third-order valence-electron chi connectivity index (χ3n) is 6.58. The van der Waals surface area contributed by atoms with E-state index >= 15 is 0 Å². The van der Waals surface area contributed by atoms with Gasteiger partial charge in [0.05, 0.1) is 5.56 Å². The minimum atomic E-state index is -0.384. The molecule has 0 saturated heterocycles. The van der Waals surface area contributed by atoms with Crippen LogP contribution in [0.5, 0.6) is 5.75 Å². The fraction of sp³-hybridized carbons (Fsp3) is 0.276. The maximum absolute atomic E-state index is 12.4. The number of hydrogen-bond acceptors (Lipinski definition) is 3. The molecular weight excluding hydrogens is 394 g/mol. The summed E-state index contributed by atoms with van der Waals surface area (Å²) < 4.78 is 5.40. The average molecular weight is 426 g/mol. The zero-order valence-corrected chi connectivity index (χ0v) is 19.3. The van der Waals surface area contributed by atoms with Crippen molar-refractivity contribution >= 4 is 23.8 Å². The van der Waals surface area contributed by atoms with Crippen LogP contribution in [-0.4, -0.2) is 5.97 Å². The number of carbonyl (C=O) groups excluding carboxylic acids is 1. The number of nitrogen functional groups attached to an aromatic ring is 1. The lowest BCUT2D eigenvalue weighted by Crippen LogP contribution is -2.33. The fourth-order valence-corrected chi connectivity index (χ4v) is 4.33. The molecule has 2 N–H and O–H groups in total. The second-order valence-electron chi connectivity index (χ2n) is 9.99. The SMILES string of the molecule is CC1(C)CCC(C)(C)c2cc(C=Cc3ccc(C(=O)Oc4ccc(N)cc4)cc3)ccc21. The Labute approximate surface area is 190 Å². The van der Waals surface area contributed by atoms with Gasteiger partial charge in [-0.05, 0) is 82.3 Å². The molecule has 0 radical (unpaired) electrons. The Morgan fingerprint density at radius 1 is 0.781 bits per heavy atom. The number of anilines is 1. The van der Waals surface area contributed by atoms with Gasteiger partial charge in [0.1, 0.15) is 5.75 Å². The zero-order valence-electron chi connectivity index (χ0n) is 19.3. The van der Waals surface area contributed by atoms with Gasteiger partial charge in [-0.3, -0.25) is 0 Å². The molecule has 1 aliphatic carbocycles. The molecule has 1 aliphatic rings. The standard InChI is InChI=1S/C29H31NO2/c1-28(2)17-18-29(3,4)26-19-21(9-16-25(26)28)6-5-20-7-10-22(11-8-20)27(31)32-24-14-12-23(30)13-15-24/h5-16,19H,17-18,30H2,1-4H3. The number of hydrogen-bond donors (Lipinski definition) is 1. The number of nitrogens with two attached hydrogens (primary N) is 1. The van der Waals surface area contributed by atoms with Crippen LogP contribution < -0.4 is 10.5 Å². The van der Waals surface area contributed by atoms with Crippen molar-refractivity contribution in [3.05, 3.63) is 94.5 Å². The molecule has 32 heavy (non-hydrogen) atoms. The van der Waals surface area contributed by atoms with Crippen LogP contribution in [0, 0.1) is 0 Å². The van der Waals surface area contributed by atoms with Gasteiger partial charge < -0.3 is 10.5 Å². The van der Waals surface area contributed by atoms with Crippen molar-refractivity contribution in [1.29, 1.82) is 0 Å². The molecule has 0 bridgehead atoms. The van der Waals surface area contributed by atoms with E-state index in [0.29, 0.717) is 17.0 Å². The van der Waals surface area contributed by atoms with Crippen LogP contribution in [0.25, 0.3) is 12.2 Å². The molecule has 0 unspecified atom stereocenters. The van der Waals surface area contributed by atoms with Crippen LogP contribution in [0.1, 0.15) is 73.1 Å². The van der Waals surface area contributed by atoms with Gasteiger partial charge in [-0.1, -0.05) is 70.2 Å². The monoisotopic (exact) mass is 425 g/mol. The second-order valence-corrected chi connectivity index (χ2v) is 9.99. The molecule has 3 aromatic rings. The Kier molecular flexibility index (Phi) is 5.68. The Morgan fingerprint density at radius 3 is 2.00 bits per heavy atom. The number of benzene rings is 3. The van der Waals surface area contributed by atoms with Crippen molar-refractivity contribution in [2.45, 2.75) is 51.4 Å². The summed E-state index contributed by atoms with van der Waals surface area (Å²) in [5, 5.41) is 0. The maximum Gasteiger partial charge on any atom is 0.343 e. The molecule has 3 aromatic carbocycles. The average Bonchev–Trinajstić information content (AvgIpc) is 2.77. The summed E-state index contributed by atoms with van der Waals surface area (Å²) in [6.45, 7) is 9.38. The number of esters is 1. The van der Waals surface area contributed by atoms with E-state index in [9.17, 15) is 4.79 Å². The Balaban J connectivity index is 1.48. The topological polar surface area (TPSA) is 52.3 Å². The summed E-state index contributed by atoms with van der Waals surface area (Å²) in [4.78, 5) is 12.4. The molecule has 0 aliphatic heterocycles. The van der Waals surface area contributed by atoms with E-state index in [0.717, 1.165) is 5.56 Å². The van der Waals surface area contributed by atoms with Crippen LogP contribution >= 0.6 is 0 Å². The first-order chi connectivity index (χ1) is 15.1. The summed E-state index contributed by atoms with van der Waals surface area (Å²) in [5.41, 5.74) is 12.4. The van der Waals surface area contributed by atoms with Gasteiger partial charge in [0.15, 0.2) is 0 Å². The lowest BCUT2D eigenvalue weighted by molar-refractivity contribution is 0.0735. The molecule has 0 atom stereocenters. The smallest absolute Gasteiger partial charge is 0.343 e. The summed E-state index contributed by atoms with van der Waals surface area (Å²) in [5.74, 6) is 0.0940. The quantitative estimate of drug-likeness (QED) is 0.212. The van der Waals surface area contributed by atoms with E-state index in [1.165, 1.54) is 29.5 Å². The molecule has 3 nitrogen and oxygen atoms in total. The zero-order chi connectivity index (χ0) is 22.9. The molecule has 0 fully saturated rings. The van der Waals surface area contributed by atoms with Crippen LogP contribution in [0.15, 0.2) is 66.7 Å². The van der Waals surface area contributed by atoms with Crippen molar-refractivity contribution < 1.29 is 9.53 Å². The molecule has 0 heterocycles. The Bertz CT molecular complexity index is 1150. The van der Waals surface area contributed by atoms with Crippen LogP contribution in [-0.2, 0) is 10.8 Å². The van der Waals surface area contributed by atoms with E-state index in [1.807, 2.05) is 12.1 Å². The van der Waals surface area contributed by atoms with Crippen LogP contribution in [0.4, 0.5) is 5.69 Å². The fourth-order valence-electron chi connectivity index (χ4n) is 4.33. The first kappa shape index (κ1) is 21.9. The highest BCUT2D eigenvalue weighted by Gasteiger charge is 2.36. The number of rotatable bonds is 4. The summed E-state index contributed by atoms with van der Waals surface area (Å²) in [6.07, 6.45) is 6.64. The first-order valence-electron chi connectivity index (χ1n) is 11.1. The summed E-state index contributed by atoms with van der Waals surface area (Å²) in [6, 6.07) is 21.1. The number of ether oxygens (including phenoxy) is 1. The molecular formula is C29H31NO2. The van der Waals surface area contributed by atoms with E-state index < -0.39 is 0 Å². The first-order valence-corrected chi connectivity index (χ1v) is 11.1. The van der Waals surface area contributed by atoms with Gasteiger partial charge >= 0.3 is 5.97 Å². The molecule has 0 spiro atoms. The van der Waals surface area contributed by atoms with Crippen molar-refractivity contribution in [2.24, 2.45) is 0 Å². The largest absolute Gasteiger partial charge is 0.423 e. The lowest BCUT2D eigenvalue weighted by atomic mass is 9.63. The third kappa shape index (κ3) is 4.62. The van der Waals surface area contributed by atoms with Gasteiger partial charge in [0.25, 0.3) is 0 Å². The van der Waals surface area contributed by atoms with Crippen molar-refractivity contribution in [3.8, 4) is 5.75 Å². The van der Waals surface area contributed by atoms with Gasteiger partial charge in [-0.15, -0.1) is 0 Å². The summed E-state index contributed by atoms with van der Waals surface area (Å²) in [7, 11) is 0. The van der Waals surface area contributed by atoms with Gasteiger partial charge in [-0.25, -0.2) is 4.79 Å². The van der Waals surface area contributed by atoms with E-state index in [4.69, 9.17) is 10.5 Å². The van der Waals surface area contributed by atoms with Gasteiger partial charge in [0.2, 0.25) is 0 Å². The van der Waals surface area contributed by atoms with Crippen molar-refractivity contribution in [1.82, 2.24) is 0 Å². The molecule has 0 amide bonds. The van der Waals surface area contributed by atoms with Crippen LogP contribution in [0.3, 0.4) is 0 Å². The van der Waals surface area contributed by atoms with E-state index in [2.05, 4.69) is 58.0 Å². The van der Waals surface area contributed by atoms with Crippen molar-refractivity contribution in [2.75, 3.05) is 5.73 Å². The predicted octanol–water partition coefficient (Wildman–Crippen LogP) is 7.01. The highest BCUT2D eigenvalue weighted by Crippen LogP contribution is 2.46. The molecule has 0 saturated carbocycles. The normalized spacial score (nSPS) is 16.5. The number of carbonyl (C=O) groups is 1. The van der Waals surface area contributed by atoms with E-state index in [-0.39, 0.29) is 16.8 Å². The minimum Gasteiger partial charge on any atom is -0.423 e. The predicted molar refractivity (Wildman–Crippen MR) is 133 cm³/mol. The highest BCUT2D eigenvalue weighted by molar-refractivity contribution is 5.91. The third-order valence-corrected chi connectivity index (χ3v) is 6.58. The molecule has 3 heteroatoms. The van der Waals surface area contributed by atoms with Gasteiger partial charge in [-0.2, -0.15) is 0 Å². The van der Waals surface area contributed by atoms with E-state index in [1.54, 1.807) is 36.4 Å². The van der Waals surface area contributed by atoms with Gasteiger partial charge in [0, 0.05) is 5.69 Å². The highest BCUT2D eigenvalue weighted by atomic mass is 16.5. The summed E-state index contributed by atoms with van der Waals surface area (Å²) >= 11 is 0. The minimum absolute atomic E-state index is 0.196. The lowest BCUT2D eigenvalue weighted by Gasteiger charge is -2.42. The number of fused-ring (bicyclic) bond motifs is 1. The molecule has 0 aromatic heterocycles. The molecule has 164 valence electrons. The Morgan fingerprint density at radius 2 is 1.34 bits per heavy atom. The maximum atomic E-state index is 12.4. The van der Waals surface area contributed by atoms with Crippen LogP contribution in [0.2, 0.25) is 0 Å².